The van der Waals surface area contributed by atoms with Crippen LogP contribution in [0.2, 0.25) is 0 Å². The molecule has 0 spiro atoms. The molecule has 0 saturated carbocycles. The molecule has 0 amide bonds. The predicted molar refractivity (Wildman–Crippen MR) is 79.0 cm³/mol. The molecule has 21 heavy (non-hydrogen) atoms. The molecule has 0 unspecified atom stereocenters. The van der Waals surface area contributed by atoms with Crippen molar-refractivity contribution < 1.29 is 14.6 Å². The Morgan fingerprint density at radius 2 is 2.10 bits per heavy atom. The minimum Gasteiger partial charge on any atom is -0.494 e. The Balaban J connectivity index is 1.65. The van der Waals surface area contributed by atoms with Crippen LogP contribution in [-0.4, -0.2) is 54.4 Å². The predicted octanol–water partition coefficient (Wildman–Crippen LogP) is 0.945. The molecule has 1 aliphatic rings. The number of benzene rings is 1. The molecule has 2 aromatic rings. The topological polar surface area (TPSA) is 74.8 Å². The molecular weight excluding hydrogens is 272 g/mol. The van der Waals surface area contributed by atoms with Crippen molar-refractivity contribution >= 4 is 10.8 Å². The van der Waals surface area contributed by atoms with Gasteiger partial charge in [0.1, 0.15) is 12.4 Å². The molecule has 1 aromatic heterocycles. The van der Waals surface area contributed by atoms with Crippen LogP contribution in [0.4, 0.5) is 0 Å². The van der Waals surface area contributed by atoms with Crippen LogP contribution in [0.5, 0.6) is 11.6 Å². The van der Waals surface area contributed by atoms with E-state index in [-0.39, 0.29) is 11.4 Å². The highest BCUT2D eigenvalue weighted by Crippen LogP contribution is 2.24. The number of aromatic hydroxyl groups is 1. The first-order valence-corrected chi connectivity index (χ1v) is 7.01. The lowest BCUT2D eigenvalue weighted by Gasteiger charge is -2.26. The van der Waals surface area contributed by atoms with E-state index in [1.54, 1.807) is 18.2 Å². The highest BCUT2D eigenvalue weighted by atomic mass is 16.5. The zero-order valence-corrected chi connectivity index (χ0v) is 11.7. The average Bonchev–Trinajstić information content (AvgIpc) is 2.48. The Hall–Kier alpha value is -2.05. The van der Waals surface area contributed by atoms with Crippen molar-refractivity contribution in [2.45, 2.75) is 0 Å². The number of rotatable bonds is 4. The summed E-state index contributed by atoms with van der Waals surface area (Å²) in [7, 11) is 0. The first-order chi connectivity index (χ1) is 10.2. The van der Waals surface area contributed by atoms with E-state index in [9.17, 15) is 9.90 Å². The summed E-state index contributed by atoms with van der Waals surface area (Å²) in [4.78, 5) is 16.0. The van der Waals surface area contributed by atoms with Crippen LogP contribution in [0.1, 0.15) is 0 Å². The number of fused-ring (bicyclic) bond motifs is 1. The molecule has 6 heteroatoms. The van der Waals surface area contributed by atoms with E-state index in [2.05, 4.69) is 9.88 Å². The highest BCUT2D eigenvalue weighted by molar-refractivity contribution is 5.87. The summed E-state index contributed by atoms with van der Waals surface area (Å²) in [5.41, 5.74) is -0.328. The smallest absolute Gasteiger partial charge is 0.251 e. The Morgan fingerprint density at radius 3 is 2.90 bits per heavy atom. The Morgan fingerprint density at radius 1 is 1.29 bits per heavy atom. The van der Waals surface area contributed by atoms with Gasteiger partial charge >= 0.3 is 0 Å². The van der Waals surface area contributed by atoms with Gasteiger partial charge in [0, 0.05) is 31.1 Å². The molecular formula is C15H18N2O4. The van der Waals surface area contributed by atoms with Crippen molar-refractivity contribution in [3.8, 4) is 11.6 Å². The molecule has 0 bridgehead atoms. The van der Waals surface area contributed by atoms with Crippen molar-refractivity contribution in [3.05, 3.63) is 34.6 Å². The van der Waals surface area contributed by atoms with Gasteiger partial charge in [-0.15, -0.1) is 0 Å². The van der Waals surface area contributed by atoms with Gasteiger partial charge in [0.15, 0.2) is 5.88 Å². The van der Waals surface area contributed by atoms with Crippen molar-refractivity contribution in [1.29, 1.82) is 0 Å². The van der Waals surface area contributed by atoms with Gasteiger partial charge in [-0.2, -0.15) is 0 Å². The Labute approximate surface area is 121 Å². The number of hydrogen-bond acceptors (Lipinski definition) is 5. The fraction of sp³-hybridized carbons (Fsp3) is 0.400. The minimum absolute atomic E-state index is 0.114. The number of H-pyrrole nitrogens is 1. The Bertz CT molecular complexity index is 677. The second-order valence-electron chi connectivity index (χ2n) is 5.03. The number of ether oxygens (including phenoxy) is 2. The summed E-state index contributed by atoms with van der Waals surface area (Å²) in [6.45, 7) is 4.85. The zero-order valence-electron chi connectivity index (χ0n) is 11.7. The number of aromatic amines is 1. The van der Waals surface area contributed by atoms with E-state index in [1.165, 1.54) is 6.07 Å². The number of hydrogen-bond donors (Lipinski definition) is 2. The number of morpholine rings is 1. The molecule has 3 rings (SSSR count). The lowest BCUT2D eigenvalue weighted by Crippen LogP contribution is -2.38. The highest BCUT2D eigenvalue weighted by Gasteiger charge is 2.10. The lowest BCUT2D eigenvalue weighted by atomic mass is 10.1. The van der Waals surface area contributed by atoms with E-state index in [1.807, 2.05) is 0 Å². The zero-order chi connectivity index (χ0) is 14.7. The molecule has 112 valence electrons. The second-order valence-corrected chi connectivity index (χ2v) is 5.03. The third-order valence-electron chi connectivity index (χ3n) is 3.59. The van der Waals surface area contributed by atoms with Crippen LogP contribution in [0.3, 0.4) is 0 Å². The maximum absolute atomic E-state index is 11.4. The molecule has 0 aliphatic carbocycles. The molecule has 2 heterocycles. The third kappa shape index (κ3) is 3.34. The number of aromatic nitrogens is 1. The first kappa shape index (κ1) is 13.9. The standard InChI is InChI=1S/C15H18N2O4/c18-14-10-11-9-12(1-2-13(11)15(19)16-14)21-8-5-17-3-6-20-7-4-17/h1-2,9-10H,3-8H2,(H2,16,18,19). The largest absolute Gasteiger partial charge is 0.494 e. The van der Waals surface area contributed by atoms with Gasteiger partial charge in [0.05, 0.1) is 13.2 Å². The SMILES string of the molecule is O=c1cc2cc(OCCN3CCOCC3)ccc2c(O)[nH]1. The maximum Gasteiger partial charge on any atom is 0.251 e. The molecule has 1 aliphatic heterocycles. The monoisotopic (exact) mass is 290 g/mol. The maximum atomic E-state index is 11.4. The quantitative estimate of drug-likeness (QED) is 0.876. The van der Waals surface area contributed by atoms with Gasteiger partial charge in [-0.25, -0.2) is 0 Å². The van der Waals surface area contributed by atoms with Crippen LogP contribution in [0, 0.1) is 0 Å². The van der Waals surface area contributed by atoms with Crippen LogP contribution in [0.15, 0.2) is 29.1 Å². The van der Waals surface area contributed by atoms with Gasteiger partial charge in [-0.3, -0.25) is 14.7 Å². The van der Waals surface area contributed by atoms with E-state index >= 15 is 0 Å². The van der Waals surface area contributed by atoms with Crippen LogP contribution >= 0.6 is 0 Å². The molecule has 1 aromatic carbocycles. The summed E-state index contributed by atoms with van der Waals surface area (Å²) in [5, 5.41) is 10.9. The van der Waals surface area contributed by atoms with E-state index in [0.717, 1.165) is 32.8 Å². The average molecular weight is 290 g/mol. The summed E-state index contributed by atoms with van der Waals surface area (Å²) in [6.07, 6.45) is 0. The van der Waals surface area contributed by atoms with Gasteiger partial charge in [0.2, 0.25) is 0 Å². The number of nitrogens with zero attached hydrogens (tertiary/aromatic N) is 1. The molecule has 0 radical (unpaired) electrons. The van der Waals surface area contributed by atoms with Gasteiger partial charge in [-0.05, 0) is 23.6 Å². The van der Waals surface area contributed by atoms with Crippen LogP contribution in [-0.2, 0) is 4.74 Å². The van der Waals surface area contributed by atoms with E-state index < -0.39 is 0 Å². The minimum atomic E-state index is -0.328. The lowest BCUT2D eigenvalue weighted by molar-refractivity contribution is 0.0322. The molecule has 6 nitrogen and oxygen atoms in total. The summed E-state index contributed by atoms with van der Waals surface area (Å²) in [5.74, 6) is 0.582. The summed E-state index contributed by atoms with van der Waals surface area (Å²) >= 11 is 0. The third-order valence-corrected chi connectivity index (χ3v) is 3.59. The van der Waals surface area contributed by atoms with Crippen molar-refractivity contribution in [1.82, 2.24) is 9.88 Å². The van der Waals surface area contributed by atoms with E-state index in [4.69, 9.17) is 9.47 Å². The first-order valence-electron chi connectivity index (χ1n) is 7.01. The van der Waals surface area contributed by atoms with Crippen molar-refractivity contribution in [2.24, 2.45) is 0 Å². The molecule has 0 atom stereocenters. The van der Waals surface area contributed by atoms with E-state index in [0.29, 0.717) is 23.1 Å². The normalized spacial score (nSPS) is 16.2. The summed E-state index contributed by atoms with van der Waals surface area (Å²) < 4.78 is 11.0. The van der Waals surface area contributed by atoms with Gasteiger partial charge in [0.25, 0.3) is 5.56 Å². The number of nitrogens with one attached hydrogen (secondary N) is 1. The van der Waals surface area contributed by atoms with Crippen molar-refractivity contribution in [3.63, 3.8) is 0 Å². The van der Waals surface area contributed by atoms with Crippen LogP contribution < -0.4 is 10.3 Å². The van der Waals surface area contributed by atoms with Gasteiger partial charge < -0.3 is 14.6 Å². The Kier molecular flexibility index (Phi) is 4.08. The summed E-state index contributed by atoms with van der Waals surface area (Å²) in [6, 6.07) is 6.75. The van der Waals surface area contributed by atoms with Crippen LogP contribution in [0.25, 0.3) is 10.8 Å². The van der Waals surface area contributed by atoms with Gasteiger partial charge in [-0.1, -0.05) is 0 Å². The number of pyridine rings is 1. The fourth-order valence-corrected chi connectivity index (χ4v) is 2.44. The molecule has 1 saturated heterocycles. The van der Waals surface area contributed by atoms with Crippen molar-refractivity contribution in [2.75, 3.05) is 39.5 Å². The second kappa shape index (κ2) is 6.15. The fourth-order valence-electron chi connectivity index (χ4n) is 2.44. The molecule has 2 N–H and O–H groups in total. The molecule has 1 fully saturated rings.